The van der Waals surface area contributed by atoms with Crippen LogP contribution in [-0.4, -0.2) is 18.5 Å². The molecule has 1 unspecified atom stereocenters. The highest BCUT2D eigenvalue weighted by Crippen LogP contribution is 2.20. The van der Waals surface area contributed by atoms with Gasteiger partial charge in [-0.15, -0.1) is 0 Å². The molecule has 0 aromatic heterocycles. The predicted molar refractivity (Wildman–Crippen MR) is 83.5 cm³/mol. The predicted octanol–water partition coefficient (Wildman–Crippen LogP) is 4.39. The first-order chi connectivity index (χ1) is 10.1. The van der Waals surface area contributed by atoms with Crippen LogP contribution in [0.5, 0.6) is 11.5 Å². The third-order valence-electron chi connectivity index (χ3n) is 2.93. The summed E-state index contributed by atoms with van der Waals surface area (Å²) in [4.78, 5) is 12.3. The lowest BCUT2D eigenvalue weighted by molar-refractivity contribution is 0.0818. The summed E-state index contributed by atoms with van der Waals surface area (Å²) in [7, 11) is 0. The minimum atomic E-state index is -0.582. The van der Waals surface area contributed by atoms with Gasteiger partial charge in [0.05, 0.1) is 6.61 Å². The lowest BCUT2D eigenvalue weighted by Crippen LogP contribution is -2.23. The third-order valence-corrected chi connectivity index (χ3v) is 3.16. The van der Waals surface area contributed by atoms with Gasteiger partial charge in [0.15, 0.2) is 6.10 Å². The van der Waals surface area contributed by atoms with Crippen molar-refractivity contribution in [2.75, 3.05) is 6.61 Å². The van der Waals surface area contributed by atoms with Gasteiger partial charge in [-0.3, -0.25) is 4.79 Å². The van der Waals surface area contributed by atoms with Gasteiger partial charge in [-0.1, -0.05) is 17.7 Å². The molecule has 0 aliphatic rings. The fraction of sp³-hybridized carbons (Fsp3) is 0.235. The highest BCUT2D eigenvalue weighted by molar-refractivity contribution is 6.30. The molecule has 110 valence electrons. The van der Waals surface area contributed by atoms with Gasteiger partial charge < -0.3 is 9.47 Å². The molecule has 0 aliphatic carbocycles. The van der Waals surface area contributed by atoms with E-state index in [0.717, 1.165) is 5.75 Å². The Morgan fingerprint density at radius 1 is 1.14 bits per heavy atom. The van der Waals surface area contributed by atoms with E-state index < -0.39 is 6.10 Å². The second-order valence-electron chi connectivity index (χ2n) is 4.54. The number of hydrogen-bond acceptors (Lipinski definition) is 3. The molecule has 0 bridgehead atoms. The van der Waals surface area contributed by atoms with Gasteiger partial charge >= 0.3 is 0 Å². The molecule has 0 spiro atoms. The number of halogens is 1. The molecule has 0 saturated heterocycles. The van der Waals surface area contributed by atoms with Gasteiger partial charge in [0.1, 0.15) is 11.5 Å². The molecule has 2 rings (SSSR count). The largest absolute Gasteiger partial charge is 0.494 e. The maximum absolute atomic E-state index is 12.3. The molecule has 4 heteroatoms. The molecule has 0 heterocycles. The zero-order chi connectivity index (χ0) is 15.2. The molecule has 3 nitrogen and oxygen atoms in total. The van der Waals surface area contributed by atoms with Crippen LogP contribution in [0.15, 0.2) is 48.5 Å². The Kier molecular flexibility index (Phi) is 5.23. The van der Waals surface area contributed by atoms with E-state index in [1.54, 1.807) is 55.5 Å². The fourth-order valence-corrected chi connectivity index (χ4v) is 2.10. The molecule has 0 radical (unpaired) electrons. The molecule has 0 fully saturated rings. The van der Waals surface area contributed by atoms with Crippen molar-refractivity contribution in [1.29, 1.82) is 0 Å². The standard InChI is InChI=1S/C17H17ClO3/c1-3-20-15-9-7-13(8-10-15)17(19)12(2)21-16-6-4-5-14(18)11-16/h4-12H,3H2,1-2H3. The summed E-state index contributed by atoms with van der Waals surface area (Å²) in [5.74, 6) is 1.24. The van der Waals surface area contributed by atoms with Crippen molar-refractivity contribution >= 4 is 17.4 Å². The molecule has 1 atom stereocenters. The second kappa shape index (κ2) is 7.14. The quantitative estimate of drug-likeness (QED) is 0.743. The van der Waals surface area contributed by atoms with Crippen LogP contribution in [0.3, 0.4) is 0 Å². The number of hydrogen-bond donors (Lipinski definition) is 0. The maximum atomic E-state index is 12.3. The maximum Gasteiger partial charge on any atom is 0.202 e. The lowest BCUT2D eigenvalue weighted by Gasteiger charge is -2.14. The van der Waals surface area contributed by atoms with Crippen LogP contribution in [0.2, 0.25) is 5.02 Å². The van der Waals surface area contributed by atoms with Crippen molar-refractivity contribution in [3.8, 4) is 11.5 Å². The molecule has 2 aromatic rings. The highest BCUT2D eigenvalue weighted by Gasteiger charge is 2.17. The number of Topliss-reactive ketones (excluding diaryl/α,β-unsaturated/α-hetero) is 1. The number of ketones is 1. The average Bonchev–Trinajstić information content (AvgIpc) is 2.47. The Bertz CT molecular complexity index is 608. The number of benzene rings is 2. The zero-order valence-corrected chi connectivity index (χ0v) is 12.8. The highest BCUT2D eigenvalue weighted by atomic mass is 35.5. The number of rotatable bonds is 6. The Labute approximate surface area is 129 Å². The topological polar surface area (TPSA) is 35.5 Å². The molecule has 0 saturated carbocycles. The summed E-state index contributed by atoms with van der Waals surface area (Å²) in [5.41, 5.74) is 0.591. The van der Waals surface area contributed by atoms with Crippen molar-refractivity contribution in [2.45, 2.75) is 20.0 Å². The molecule has 0 aliphatic heterocycles. The van der Waals surface area contributed by atoms with E-state index in [0.29, 0.717) is 22.9 Å². The van der Waals surface area contributed by atoms with Crippen molar-refractivity contribution < 1.29 is 14.3 Å². The Morgan fingerprint density at radius 3 is 2.48 bits per heavy atom. The van der Waals surface area contributed by atoms with Crippen molar-refractivity contribution in [2.24, 2.45) is 0 Å². The minimum absolute atomic E-state index is 0.0852. The first-order valence-corrected chi connectivity index (χ1v) is 7.17. The molecule has 0 N–H and O–H groups in total. The normalized spacial score (nSPS) is 11.8. The van der Waals surface area contributed by atoms with Crippen LogP contribution in [0, 0.1) is 0 Å². The van der Waals surface area contributed by atoms with Crippen molar-refractivity contribution in [3.05, 3.63) is 59.1 Å². The van der Waals surface area contributed by atoms with Gasteiger partial charge in [0.25, 0.3) is 0 Å². The summed E-state index contributed by atoms with van der Waals surface area (Å²) in [6, 6.07) is 14.0. The van der Waals surface area contributed by atoms with Gasteiger partial charge in [0, 0.05) is 10.6 Å². The van der Waals surface area contributed by atoms with E-state index in [4.69, 9.17) is 21.1 Å². The first-order valence-electron chi connectivity index (χ1n) is 6.79. The second-order valence-corrected chi connectivity index (χ2v) is 4.98. The Hall–Kier alpha value is -2.00. The summed E-state index contributed by atoms with van der Waals surface area (Å²) >= 11 is 5.89. The number of ether oxygens (including phenoxy) is 2. The lowest BCUT2D eigenvalue weighted by atomic mass is 10.1. The molecule has 2 aromatic carbocycles. The van der Waals surface area contributed by atoms with E-state index in [9.17, 15) is 4.79 Å². The smallest absolute Gasteiger partial charge is 0.202 e. The summed E-state index contributed by atoms with van der Waals surface area (Å²) in [5, 5.41) is 0.577. The molecule has 21 heavy (non-hydrogen) atoms. The molecular formula is C17H17ClO3. The number of carbonyl (C=O) groups excluding carboxylic acids is 1. The van der Waals surface area contributed by atoms with Crippen LogP contribution in [-0.2, 0) is 0 Å². The SMILES string of the molecule is CCOc1ccc(C(=O)C(C)Oc2cccc(Cl)c2)cc1. The fourth-order valence-electron chi connectivity index (χ4n) is 1.91. The summed E-state index contributed by atoms with van der Waals surface area (Å²) < 4.78 is 11.0. The zero-order valence-electron chi connectivity index (χ0n) is 12.0. The van der Waals surface area contributed by atoms with Gasteiger partial charge in [-0.25, -0.2) is 0 Å². The van der Waals surface area contributed by atoms with Gasteiger partial charge in [-0.05, 0) is 56.3 Å². The third kappa shape index (κ3) is 4.23. The monoisotopic (exact) mass is 304 g/mol. The van der Waals surface area contributed by atoms with E-state index in [2.05, 4.69) is 0 Å². The first kappa shape index (κ1) is 15.4. The van der Waals surface area contributed by atoms with Crippen molar-refractivity contribution in [1.82, 2.24) is 0 Å². The van der Waals surface area contributed by atoms with Crippen LogP contribution in [0.25, 0.3) is 0 Å². The van der Waals surface area contributed by atoms with Crippen LogP contribution in [0.4, 0.5) is 0 Å². The Morgan fingerprint density at radius 2 is 1.86 bits per heavy atom. The van der Waals surface area contributed by atoms with Gasteiger partial charge in [0.2, 0.25) is 5.78 Å². The minimum Gasteiger partial charge on any atom is -0.494 e. The van der Waals surface area contributed by atoms with E-state index in [-0.39, 0.29) is 5.78 Å². The van der Waals surface area contributed by atoms with Crippen LogP contribution < -0.4 is 9.47 Å². The van der Waals surface area contributed by atoms with Crippen LogP contribution in [0.1, 0.15) is 24.2 Å². The van der Waals surface area contributed by atoms with Gasteiger partial charge in [-0.2, -0.15) is 0 Å². The van der Waals surface area contributed by atoms with E-state index in [1.807, 2.05) is 6.92 Å². The summed E-state index contributed by atoms with van der Waals surface area (Å²) in [6.45, 7) is 4.24. The van der Waals surface area contributed by atoms with E-state index in [1.165, 1.54) is 0 Å². The number of carbonyl (C=O) groups is 1. The van der Waals surface area contributed by atoms with Crippen LogP contribution >= 0.6 is 11.6 Å². The molecular weight excluding hydrogens is 288 g/mol. The van der Waals surface area contributed by atoms with Crippen molar-refractivity contribution in [3.63, 3.8) is 0 Å². The van der Waals surface area contributed by atoms with E-state index >= 15 is 0 Å². The Balaban J connectivity index is 2.04. The average molecular weight is 305 g/mol. The summed E-state index contributed by atoms with van der Waals surface area (Å²) in [6.07, 6.45) is -0.582. The molecule has 0 amide bonds.